The van der Waals surface area contributed by atoms with Crippen molar-refractivity contribution >= 4 is 16.9 Å². The van der Waals surface area contributed by atoms with Crippen molar-refractivity contribution in [1.29, 1.82) is 0 Å². The summed E-state index contributed by atoms with van der Waals surface area (Å²) in [5.74, 6) is 1.22. The van der Waals surface area contributed by atoms with Crippen LogP contribution in [0.2, 0.25) is 0 Å². The zero-order chi connectivity index (χ0) is 19.0. The molecule has 1 amide bonds. The fraction of sp³-hybridized carbons (Fsp3) is 0.391. The van der Waals surface area contributed by atoms with Crippen LogP contribution in [0, 0.1) is 13.8 Å². The van der Waals surface area contributed by atoms with Crippen LogP contribution < -0.4 is 0 Å². The van der Waals surface area contributed by atoms with Crippen LogP contribution in [0.15, 0.2) is 42.5 Å². The number of imidazole rings is 1. The zero-order valence-corrected chi connectivity index (χ0v) is 16.4. The molecule has 1 fully saturated rings. The number of carbonyl (C=O) groups excluding carboxylic acids is 1. The summed E-state index contributed by atoms with van der Waals surface area (Å²) in [6, 6.07) is 14.9. The van der Waals surface area contributed by atoms with Crippen molar-refractivity contribution in [1.82, 2.24) is 14.5 Å². The average molecular weight is 361 g/mol. The van der Waals surface area contributed by atoms with Crippen LogP contribution in [0.5, 0.6) is 0 Å². The number of fused-ring (bicyclic) bond motifs is 1. The van der Waals surface area contributed by atoms with Crippen LogP contribution in [0.3, 0.4) is 0 Å². The molecule has 1 aliphatic rings. The van der Waals surface area contributed by atoms with E-state index in [9.17, 15) is 4.79 Å². The van der Waals surface area contributed by atoms with Gasteiger partial charge in [0.2, 0.25) is 0 Å². The lowest BCUT2D eigenvalue weighted by atomic mass is 10.0. The van der Waals surface area contributed by atoms with Crippen molar-refractivity contribution in [2.24, 2.45) is 0 Å². The second kappa shape index (κ2) is 7.18. The van der Waals surface area contributed by atoms with Crippen LogP contribution in [0.4, 0.5) is 0 Å². The predicted octanol–water partition coefficient (Wildman–Crippen LogP) is 4.69. The number of piperidine rings is 1. The van der Waals surface area contributed by atoms with Gasteiger partial charge in [0.1, 0.15) is 5.82 Å². The highest BCUT2D eigenvalue weighted by molar-refractivity contribution is 5.94. The van der Waals surface area contributed by atoms with E-state index in [4.69, 9.17) is 4.98 Å². The molecule has 0 bridgehead atoms. The Morgan fingerprint density at radius 2 is 1.78 bits per heavy atom. The molecule has 1 aliphatic heterocycles. The van der Waals surface area contributed by atoms with Crippen LogP contribution in [-0.2, 0) is 6.42 Å². The number of aromatic nitrogens is 2. The molecule has 1 aromatic heterocycles. The van der Waals surface area contributed by atoms with Gasteiger partial charge in [0.25, 0.3) is 5.91 Å². The number of nitrogens with zero attached hydrogens (tertiary/aromatic N) is 3. The van der Waals surface area contributed by atoms with Crippen LogP contribution in [-0.4, -0.2) is 33.4 Å². The lowest BCUT2D eigenvalue weighted by molar-refractivity contribution is 0.0695. The minimum absolute atomic E-state index is 0.152. The first kappa shape index (κ1) is 17.8. The third kappa shape index (κ3) is 3.36. The average Bonchev–Trinajstić information content (AvgIpc) is 3.02. The molecular weight excluding hydrogens is 334 g/mol. The summed E-state index contributed by atoms with van der Waals surface area (Å²) >= 11 is 0. The van der Waals surface area contributed by atoms with Crippen molar-refractivity contribution in [3.63, 3.8) is 0 Å². The van der Waals surface area contributed by atoms with E-state index >= 15 is 0 Å². The third-order valence-corrected chi connectivity index (χ3v) is 5.75. The highest BCUT2D eigenvalue weighted by Gasteiger charge is 2.26. The summed E-state index contributed by atoms with van der Waals surface area (Å²) in [6.45, 7) is 7.93. The molecule has 3 aromatic rings. The quantitative estimate of drug-likeness (QED) is 0.678. The Kier molecular flexibility index (Phi) is 4.73. The van der Waals surface area contributed by atoms with Gasteiger partial charge in [0, 0.05) is 24.7 Å². The molecular formula is C23H27N3O. The smallest absolute Gasteiger partial charge is 0.253 e. The van der Waals surface area contributed by atoms with E-state index in [0.717, 1.165) is 49.3 Å². The summed E-state index contributed by atoms with van der Waals surface area (Å²) < 4.78 is 2.38. The fourth-order valence-electron chi connectivity index (χ4n) is 4.18. The van der Waals surface area contributed by atoms with Gasteiger partial charge in [-0.15, -0.1) is 0 Å². The van der Waals surface area contributed by atoms with Crippen molar-refractivity contribution in [3.05, 3.63) is 65.0 Å². The second-order valence-corrected chi connectivity index (χ2v) is 7.60. The summed E-state index contributed by atoms with van der Waals surface area (Å²) in [4.78, 5) is 19.6. The van der Waals surface area contributed by atoms with Gasteiger partial charge in [-0.05, 0) is 68.5 Å². The van der Waals surface area contributed by atoms with Crippen LogP contribution in [0.25, 0.3) is 11.0 Å². The first-order valence-electron chi connectivity index (χ1n) is 9.90. The predicted molar refractivity (Wildman–Crippen MR) is 109 cm³/mol. The number of likely N-dealkylation sites (tertiary alicyclic amines) is 1. The third-order valence-electron chi connectivity index (χ3n) is 5.75. The van der Waals surface area contributed by atoms with E-state index in [1.54, 1.807) is 0 Å². The summed E-state index contributed by atoms with van der Waals surface area (Å²) in [6.07, 6.45) is 2.94. The molecule has 0 N–H and O–H groups in total. The molecule has 140 valence electrons. The normalized spacial score (nSPS) is 15.4. The molecule has 0 atom stereocenters. The lowest BCUT2D eigenvalue weighted by Gasteiger charge is -2.33. The van der Waals surface area contributed by atoms with E-state index in [2.05, 4.69) is 55.7 Å². The van der Waals surface area contributed by atoms with Crippen molar-refractivity contribution in [2.45, 2.75) is 46.1 Å². The molecule has 0 spiro atoms. The SMILES string of the molecule is CCc1ccc(C(=O)N2CCC(n3c(C)nc4ccc(C)cc43)CC2)cc1. The molecule has 4 heteroatoms. The molecule has 2 heterocycles. The Morgan fingerprint density at radius 1 is 1.07 bits per heavy atom. The molecule has 0 unspecified atom stereocenters. The van der Waals surface area contributed by atoms with Gasteiger partial charge < -0.3 is 9.47 Å². The Labute approximate surface area is 160 Å². The molecule has 0 aliphatic carbocycles. The van der Waals surface area contributed by atoms with Gasteiger partial charge in [0.15, 0.2) is 0 Å². The van der Waals surface area contributed by atoms with Crippen LogP contribution >= 0.6 is 0 Å². The topological polar surface area (TPSA) is 38.1 Å². The maximum Gasteiger partial charge on any atom is 0.253 e. The molecule has 4 nitrogen and oxygen atoms in total. The van der Waals surface area contributed by atoms with Crippen molar-refractivity contribution in [2.75, 3.05) is 13.1 Å². The molecule has 0 saturated carbocycles. The van der Waals surface area contributed by atoms with E-state index in [1.807, 2.05) is 17.0 Å². The van der Waals surface area contributed by atoms with E-state index in [-0.39, 0.29) is 5.91 Å². The van der Waals surface area contributed by atoms with Gasteiger partial charge in [0.05, 0.1) is 11.0 Å². The van der Waals surface area contributed by atoms with Gasteiger partial charge in [-0.3, -0.25) is 4.79 Å². The minimum Gasteiger partial charge on any atom is -0.338 e. The number of rotatable bonds is 3. The molecule has 0 radical (unpaired) electrons. The number of hydrogen-bond acceptors (Lipinski definition) is 2. The highest BCUT2D eigenvalue weighted by Crippen LogP contribution is 2.29. The molecule has 1 saturated heterocycles. The van der Waals surface area contributed by atoms with E-state index < -0.39 is 0 Å². The van der Waals surface area contributed by atoms with Crippen LogP contribution in [0.1, 0.15) is 53.1 Å². The maximum atomic E-state index is 12.8. The number of carbonyl (C=O) groups is 1. The van der Waals surface area contributed by atoms with Crippen molar-refractivity contribution in [3.8, 4) is 0 Å². The Balaban J connectivity index is 1.49. The van der Waals surface area contributed by atoms with Gasteiger partial charge >= 0.3 is 0 Å². The van der Waals surface area contributed by atoms with Crippen molar-refractivity contribution < 1.29 is 4.79 Å². The minimum atomic E-state index is 0.152. The first-order chi connectivity index (χ1) is 13.1. The van der Waals surface area contributed by atoms with Gasteiger partial charge in [-0.1, -0.05) is 25.1 Å². The molecule has 27 heavy (non-hydrogen) atoms. The molecule has 4 rings (SSSR count). The largest absolute Gasteiger partial charge is 0.338 e. The summed E-state index contributed by atoms with van der Waals surface area (Å²) in [5.41, 5.74) is 5.60. The Morgan fingerprint density at radius 3 is 2.44 bits per heavy atom. The highest BCUT2D eigenvalue weighted by atomic mass is 16.2. The maximum absolute atomic E-state index is 12.8. The summed E-state index contributed by atoms with van der Waals surface area (Å²) in [5, 5.41) is 0. The summed E-state index contributed by atoms with van der Waals surface area (Å²) in [7, 11) is 0. The van der Waals surface area contributed by atoms with E-state index in [1.165, 1.54) is 16.6 Å². The van der Waals surface area contributed by atoms with E-state index in [0.29, 0.717) is 6.04 Å². The standard InChI is InChI=1S/C23H27N3O/c1-4-18-6-8-19(9-7-18)23(27)25-13-11-20(12-14-25)26-17(3)24-21-10-5-16(2)15-22(21)26/h5-10,15,20H,4,11-14H2,1-3H3. The zero-order valence-electron chi connectivity index (χ0n) is 16.4. The van der Waals surface area contributed by atoms with Gasteiger partial charge in [-0.2, -0.15) is 0 Å². The fourth-order valence-corrected chi connectivity index (χ4v) is 4.18. The Bertz CT molecular complexity index is 963. The number of benzene rings is 2. The van der Waals surface area contributed by atoms with Gasteiger partial charge in [-0.25, -0.2) is 4.98 Å². The monoisotopic (exact) mass is 361 g/mol. The second-order valence-electron chi connectivity index (χ2n) is 7.60. The number of hydrogen-bond donors (Lipinski definition) is 0. The molecule has 2 aromatic carbocycles. The number of amides is 1. The Hall–Kier alpha value is -2.62. The first-order valence-corrected chi connectivity index (χ1v) is 9.90. The lowest BCUT2D eigenvalue weighted by Crippen LogP contribution is -2.39. The number of aryl methyl sites for hydroxylation is 3.